The summed E-state index contributed by atoms with van der Waals surface area (Å²) in [5, 5.41) is 0. The van der Waals surface area contributed by atoms with E-state index in [1.54, 1.807) is 36.0 Å². The number of benzene rings is 2. The number of amides is 2. The molecule has 1 saturated carbocycles. The van der Waals surface area contributed by atoms with E-state index in [1.807, 2.05) is 37.6 Å². The van der Waals surface area contributed by atoms with Crippen molar-refractivity contribution in [1.29, 1.82) is 0 Å². The molecule has 7 nitrogen and oxygen atoms in total. The number of nitrogens with zero attached hydrogens (tertiary/aromatic N) is 1. The first-order valence-corrected chi connectivity index (χ1v) is 15.6. The second-order valence-corrected chi connectivity index (χ2v) is 12.0. The summed E-state index contributed by atoms with van der Waals surface area (Å²) in [5.74, 6) is 0.925. The summed E-state index contributed by atoms with van der Waals surface area (Å²) in [7, 11) is -3.42. The highest BCUT2D eigenvalue weighted by molar-refractivity contribution is 7.97. The van der Waals surface area contributed by atoms with Crippen LogP contribution < -0.4 is 9.46 Å². The molecule has 0 spiro atoms. The lowest BCUT2D eigenvalue weighted by Gasteiger charge is -2.13. The number of aryl methyl sites for hydroxylation is 1. The van der Waals surface area contributed by atoms with E-state index < -0.39 is 10.0 Å². The van der Waals surface area contributed by atoms with Gasteiger partial charge >= 0.3 is 0 Å². The fourth-order valence-electron chi connectivity index (χ4n) is 3.85. The minimum atomic E-state index is -3.42. The Labute approximate surface area is 219 Å². The lowest BCUT2D eigenvalue weighted by molar-refractivity contribution is 0.0651. The molecule has 2 amide bonds. The highest BCUT2D eigenvalue weighted by Crippen LogP contribution is 2.30. The summed E-state index contributed by atoms with van der Waals surface area (Å²) >= 11 is 1.75. The smallest absolute Gasteiger partial charge is 0.261 e. The zero-order chi connectivity index (χ0) is 26.1. The minimum absolute atomic E-state index is 0.00597. The highest BCUT2D eigenvalue weighted by atomic mass is 32.2. The van der Waals surface area contributed by atoms with E-state index in [9.17, 15) is 18.0 Å². The van der Waals surface area contributed by atoms with Crippen molar-refractivity contribution in [2.75, 3.05) is 31.4 Å². The molecule has 0 atom stereocenters. The number of sulfonamides is 1. The summed E-state index contributed by atoms with van der Waals surface area (Å²) in [6.07, 6.45) is 8.16. The van der Waals surface area contributed by atoms with E-state index in [0.717, 1.165) is 23.5 Å². The summed E-state index contributed by atoms with van der Waals surface area (Å²) in [6.45, 7) is 3.22. The van der Waals surface area contributed by atoms with Gasteiger partial charge in [-0.1, -0.05) is 30.7 Å². The first-order valence-electron chi connectivity index (χ1n) is 12.3. The van der Waals surface area contributed by atoms with Crippen molar-refractivity contribution in [3.8, 4) is 5.75 Å². The Balaban J connectivity index is 0.00000115. The summed E-state index contributed by atoms with van der Waals surface area (Å²) < 4.78 is 33.3. The lowest BCUT2D eigenvalue weighted by atomic mass is 10.1. The zero-order valence-electron chi connectivity index (χ0n) is 21.3. The van der Waals surface area contributed by atoms with Gasteiger partial charge in [0.1, 0.15) is 5.75 Å². The van der Waals surface area contributed by atoms with Crippen molar-refractivity contribution < 1.29 is 22.7 Å². The predicted molar refractivity (Wildman–Crippen MR) is 145 cm³/mol. The molecule has 0 saturated heterocycles. The van der Waals surface area contributed by atoms with Crippen LogP contribution in [-0.2, 0) is 16.6 Å². The fourth-order valence-corrected chi connectivity index (χ4v) is 4.96. The van der Waals surface area contributed by atoms with Gasteiger partial charge in [-0.25, -0.2) is 13.1 Å². The van der Waals surface area contributed by atoms with Crippen molar-refractivity contribution in [3.05, 3.63) is 64.7 Å². The maximum absolute atomic E-state index is 12.4. The van der Waals surface area contributed by atoms with Crippen LogP contribution in [0.1, 0.15) is 63.9 Å². The average Bonchev–Trinajstić information content (AvgIpc) is 3.65. The molecule has 0 radical (unpaired) electrons. The summed E-state index contributed by atoms with van der Waals surface area (Å²) in [5.41, 5.74) is 2.78. The van der Waals surface area contributed by atoms with Gasteiger partial charge in [0.25, 0.3) is 11.8 Å². The molecule has 1 aliphatic heterocycles. The average molecular weight is 533 g/mol. The predicted octanol–water partition coefficient (Wildman–Crippen LogP) is 4.65. The first-order chi connectivity index (χ1) is 17.3. The topological polar surface area (TPSA) is 92.8 Å². The van der Waals surface area contributed by atoms with Crippen LogP contribution in [0, 0.1) is 12.8 Å². The molecule has 0 bridgehead atoms. The molecule has 1 aliphatic carbocycles. The molecule has 0 aromatic heterocycles. The van der Waals surface area contributed by atoms with Gasteiger partial charge in [-0.15, -0.1) is 0 Å². The second kappa shape index (κ2) is 13.3. The third-order valence-electron chi connectivity index (χ3n) is 6.09. The number of rotatable bonds is 12. The Hall–Kier alpha value is -2.36. The van der Waals surface area contributed by atoms with Crippen molar-refractivity contribution in [1.82, 2.24) is 9.62 Å². The van der Waals surface area contributed by atoms with E-state index in [0.29, 0.717) is 42.9 Å². The van der Waals surface area contributed by atoms with E-state index >= 15 is 0 Å². The van der Waals surface area contributed by atoms with Gasteiger partial charge in [0.05, 0.1) is 23.5 Å². The Morgan fingerprint density at radius 1 is 1.00 bits per heavy atom. The van der Waals surface area contributed by atoms with E-state index in [1.165, 1.54) is 17.7 Å². The number of thioether (sulfide) groups is 1. The number of ether oxygens (including phenoxy) is 1. The number of nitrogens with one attached hydrogen (secondary N) is 1. The molecule has 1 heterocycles. The van der Waals surface area contributed by atoms with Gasteiger partial charge in [-0.05, 0) is 80.4 Å². The van der Waals surface area contributed by atoms with E-state index in [4.69, 9.17) is 4.74 Å². The van der Waals surface area contributed by atoms with Crippen LogP contribution in [0.3, 0.4) is 0 Å². The van der Waals surface area contributed by atoms with Gasteiger partial charge < -0.3 is 4.74 Å². The summed E-state index contributed by atoms with van der Waals surface area (Å²) in [4.78, 5) is 26.0. The van der Waals surface area contributed by atoms with Crippen LogP contribution in [0.5, 0.6) is 5.75 Å². The summed E-state index contributed by atoms with van der Waals surface area (Å²) in [6, 6.07) is 12.6. The lowest BCUT2D eigenvalue weighted by Crippen LogP contribution is -2.31. The second-order valence-electron chi connectivity index (χ2n) is 9.27. The fraction of sp³-hybridized carbons (Fsp3) is 0.481. The van der Waals surface area contributed by atoms with Crippen molar-refractivity contribution in [2.45, 2.75) is 45.6 Å². The first kappa shape index (κ1) is 28.2. The molecular formula is C27H36N2O5S2. The van der Waals surface area contributed by atoms with Crippen LogP contribution >= 0.6 is 11.8 Å². The quantitative estimate of drug-likeness (QED) is 0.316. The standard InChI is InChI=1S/C25H30N2O5S.C2H6S/c1-18-9-10-20(15-23(18)32-17-19-11-12-19)16-26-33(30,31)14-6-2-5-13-27-24(28)21-7-3-4-8-22(21)25(27)29;1-3-2/h3-4,7-10,15,19,26H,2,5-6,11-14,16-17H2,1H3;1-2H3. The molecule has 2 aromatic rings. The normalized spacial score (nSPS) is 14.9. The number of unbranched alkanes of at least 4 members (excludes halogenated alkanes) is 2. The Bertz CT molecular complexity index is 1130. The van der Waals surface area contributed by atoms with E-state index in [2.05, 4.69) is 4.72 Å². The number of hydrogen-bond acceptors (Lipinski definition) is 6. The molecule has 196 valence electrons. The number of carbonyl (C=O) groups excluding carboxylic acids is 2. The van der Waals surface area contributed by atoms with Crippen molar-refractivity contribution in [2.24, 2.45) is 5.92 Å². The van der Waals surface area contributed by atoms with Crippen molar-refractivity contribution >= 4 is 33.6 Å². The minimum Gasteiger partial charge on any atom is -0.493 e. The largest absolute Gasteiger partial charge is 0.493 e. The highest BCUT2D eigenvalue weighted by Gasteiger charge is 2.34. The number of carbonyl (C=O) groups is 2. The van der Waals surface area contributed by atoms with Gasteiger partial charge in [0.15, 0.2) is 0 Å². The third kappa shape index (κ3) is 8.08. The molecule has 1 fully saturated rings. The maximum atomic E-state index is 12.4. The van der Waals surface area contributed by atoms with Gasteiger partial charge in [-0.2, -0.15) is 11.8 Å². The van der Waals surface area contributed by atoms with Crippen LogP contribution in [0.2, 0.25) is 0 Å². The molecule has 36 heavy (non-hydrogen) atoms. The Kier molecular flexibility index (Phi) is 10.4. The third-order valence-corrected chi connectivity index (χ3v) is 7.50. The van der Waals surface area contributed by atoms with Crippen LogP contribution in [0.25, 0.3) is 0 Å². The number of hydrogen-bond donors (Lipinski definition) is 1. The van der Waals surface area contributed by atoms with Gasteiger partial charge in [0.2, 0.25) is 10.0 Å². The Morgan fingerprint density at radius 2 is 1.64 bits per heavy atom. The maximum Gasteiger partial charge on any atom is 0.261 e. The molecule has 4 rings (SSSR count). The molecular weight excluding hydrogens is 496 g/mol. The van der Waals surface area contributed by atoms with Crippen LogP contribution in [0.15, 0.2) is 42.5 Å². The molecule has 2 aliphatic rings. The van der Waals surface area contributed by atoms with Crippen LogP contribution in [0.4, 0.5) is 0 Å². The van der Waals surface area contributed by atoms with Crippen molar-refractivity contribution in [3.63, 3.8) is 0 Å². The SMILES string of the molecule is CSC.Cc1ccc(CNS(=O)(=O)CCCCCN2C(=O)c3ccccc3C2=O)cc1OCC1CC1. The van der Waals surface area contributed by atoms with Gasteiger partial charge in [-0.3, -0.25) is 14.5 Å². The monoisotopic (exact) mass is 532 g/mol. The molecule has 9 heteroatoms. The zero-order valence-corrected chi connectivity index (χ0v) is 22.9. The Morgan fingerprint density at radius 3 is 2.25 bits per heavy atom. The number of imide groups is 1. The molecule has 1 N–H and O–H groups in total. The molecule has 0 unspecified atom stereocenters. The van der Waals surface area contributed by atoms with E-state index in [-0.39, 0.29) is 24.1 Å². The number of fused-ring (bicyclic) bond motifs is 1. The van der Waals surface area contributed by atoms with Gasteiger partial charge in [0, 0.05) is 13.1 Å². The molecule has 2 aromatic carbocycles. The van der Waals surface area contributed by atoms with Crippen LogP contribution in [-0.4, -0.2) is 56.5 Å².